The zero-order valence-corrected chi connectivity index (χ0v) is 13.5. The van der Waals surface area contributed by atoms with E-state index in [0.29, 0.717) is 19.7 Å². The molecule has 2 rings (SSSR count). The van der Waals surface area contributed by atoms with E-state index in [1.807, 2.05) is 42.5 Å². The van der Waals surface area contributed by atoms with Gasteiger partial charge in [-0.3, -0.25) is 4.79 Å². The maximum absolute atomic E-state index is 12.7. The third kappa shape index (κ3) is 5.42. The molecule has 0 saturated carbocycles. The van der Waals surface area contributed by atoms with E-state index in [1.165, 1.54) is 0 Å². The van der Waals surface area contributed by atoms with Crippen LogP contribution in [0.1, 0.15) is 24.7 Å². The summed E-state index contributed by atoms with van der Waals surface area (Å²) in [6, 6.07) is 13.6. The first-order valence-electron chi connectivity index (χ1n) is 7.78. The van der Waals surface area contributed by atoms with Crippen LogP contribution in [0.15, 0.2) is 65.8 Å². The van der Waals surface area contributed by atoms with E-state index in [-0.39, 0.29) is 5.91 Å². The summed E-state index contributed by atoms with van der Waals surface area (Å²) < 4.78 is 11.0. The molecule has 23 heavy (non-hydrogen) atoms. The predicted octanol–water partition coefficient (Wildman–Crippen LogP) is 3.79. The molecule has 0 bridgehead atoms. The lowest BCUT2D eigenvalue weighted by atomic mass is 10.2. The highest BCUT2D eigenvalue weighted by Gasteiger charge is 2.22. The summed E-state index contributed by atoms with van der Waals surface area (Å²) >= 11 is 0. The second-order valence-corrected chi connectivity index (χ2v) is 5.35. The Balaban J connectivity index is 2.05. The van der Waals surface area contributed by atoms with Gasteiger partial charge in [0.2, 0.25) is 0 Å². The number of amides is 1. The number of furan rings is 1. The van der Waals surface area contributed by atoms with E-state index in [0.717, 1.165) is 17.7 Å². The van der Waals surface area contributed by atoms with Gasteiger partial charge in [0, 0.05) is 6.54 Å². The lowest BCUT2D eigenvalue weighted by molar-refractivity contribution is -0.144. The van der Waals surface area contributed by atoms with Crippen molar-refractivity contribution < 1.29 is 13.9 Å². The van der Waals surface area contributed by atoms with Crippen LogP contribution in [0.25, 0.3) is 0 Å². The third-order valence-corrected chi connectivity index (χ3v) is 3.49. The van der Waals surface area contributed by atoms with E-state index >= 15 is 0 Å². The zero-order valence-electron chi connectivity index (χ0n) is 13.5. The summed E-state index contributed by atoms with van der Waals surface area (Å²) in [6.07, 6.45) is 3.63. The van der Waals surface area contributed by atoms with Gasteiger partial charge in [0.15, 0.2) is 0 Å². The Labute approximate surface area is 137 Å². The number of ether oxygens (including phenoxy) is 1. The van der Waals surface area contributed by atoms with Crippen LogP contribution in [0.3, 0.4) is 0 Å². The Bertz CT molecular complexity index is 592. The van der Waals surface area contributed by atoms with Gasteiger partial charge in [-0.05, 0) is 31.0 Å². The van der Waals surface area contributed by atoms with Crippen LogP contribution in [-0.4, -0.2) is 23.5 Å². The SMILES string of the molecule is C=CCCOC(C)C(=O)N(Cc1ccccc1)Cc1ccco1. The number of hydrogen-bond acceptors (Lipinski definition) is 3. The number of nitrogens with zero attached hydrogens (tertiary/aromatic N) is 1. The molecule has 2 aromatic rings. The van der Waals surface area contributed by atoms with E-state index < -0.39 is 6.10 Å². The van der Waals surface area contributed by atoms with E-state index in [2.05, 4.69) is 6.58 Å². The highest BCUT2D eigenvalue weighted by molar-refractivity contribution is 5.80. The van der Waals surface area contributed by atoms with Gasteiger partial charge in [0.05, 0.1) is 19.4 Å². The normalized spacial score (nSPS) is 11.9. The van der Waals surface area contributed by atoms with Crippen LogP contribution < -0.4 is 0 Å². The Hall–Kier alpha value is -2.33. The van der Waals surface area contributed by atoms with Gasteiger partial charge in [-0.2, -0.15) is 0 Å². The summed E-state index contributed by atoms with van der Waals surface area (Å²) in [7, 11) is 0. The molecule has 1 aromatic heterocycles. The smallest absolute Gasteiger partial charge is 0.252 e. The van der Waals surface area contributed by atoms with Crippen molar-refractivity contribution in [2.24, 2.45) is 0 Å². The second-order valence-electron chi connectivity index (χ2n) is 5.35. The number of rotatable bonds is 9. The minimum absolute atomic E-state index is 0.0469. The van der Waals surface area contributed by atoms with Crippen LogP contribution in [0.4, 0.5) is 0 Å². The van der Waals surface area contributed by atoms with Crippen LogP contribution in [0, 0.1) is 0 Å². The fraction of sp³-hybridized carbons (Fsp3) is 0.316. The van der Waals surface area contributed by atoms with Gasteiger partial charge < -0.3 is 14.1 Å². The maximum atomic E-state index is 12.7. The summed E-state index contributed by atoms with van der Waals surface area (Å²) in [6.45, 7) is 6.88. The van der Waals surface area contributed by atoms with E-state index in [4.69, 9.17) is 9.15 Å². The average molecular weight is 313 g/mol. The molecule has 1 aromatic carbocycles. The molecule has 1 amide bonds. The van der Waals surface area contributed by atoms with Crippen molar-refractivity contribution in [2.45, 2.75) is 32.5 Å². The minimum Gasteiger partial charge on any atom is -0.467 e. The molecule has 1 atom stereocenters. The van der Waals surface area contributed by atoms with Crippen molar-refractivity contribution in [1.29, 1.82) is 0 Å². The van der Waals surface area contributed by atoms with Crippen LogP contribution >= 0.6 is 0 Å². The van der Waals surface area contributed by atoms with Crippen molar-refractivity contribution >= 4 is 5.91 Å². The Morgan fingerprint density at radius 3 is 2.70 bits per heavy atom. The van der Waals surface area contributed by atoms with Crippen molar-refractivity contribution in [2.75, 3.05) is 6.61 Å². The molecule has 0 saturated heterocycles. The Morgan fingerprint density at radius 2 is 2.04 bits per heavy atom. The number of carbonyl (C=O) groups excluding carboxylic acids is 1. The summed E-state index contributed by atoms with van der Waals surface area (Å²) in [5, 5.41) is 0. The minimum atomic E-state index is -0.492. The molecule has 0 aliphatic carbocycles. The summed E-state index contributed by atoms with van der Waals surface area (Å²) in [4.78, 5) is 14.5. The molecule has 0 aliphatic rings. The van der Waals surface area contributed by atoms with Crippen molar-refractivity contribution in [3.05, 3.63) is 72.7 Å². The van der Waals surface area contributed by atoms with Crippen LogP contribution in [-0.2, 0) is 22.6 Å². The van der Waals surface area contributed by atoms with E-state index in [1.54, 1.807) is 24.2 Å². The van der Waals surface area contributed by atoms with Crippen molar-refractivity contribution in [1.82, 2.24) is 4.90 Å². The molecule has 1 heterocycles. The molecule has 0 fully saturated rings. The standard InChI is InChI=1S/C19H23NO3/c1-3-4-12-22-16(2)19(21)20(15-18-11-8-13-23-18)14-17-9-6-5-7-10-17/h3,5-11,13,16H,1,4,12,14-15H2,2H3. The Morgan fingerprint density at radius 1 is 1.26 bits per heavy atom. The maximum Gasteiger partial charge on any atom is 0.252 e. The van der Waals surface area contributed by atoms with Gasteiger partial charge in [-0.1, -0.05) is 36.4 Å². The lowest BCUT2D eigenvalue weighted by Crippen LogP contribution is -2.38. The molecule has 0 spiro atoms. The monoisotopic (exact) mass is 313 g/mol. The molecule has 4 nitrogen and oxygen atoms in total. The number of carbonyl (C=O) groups is 1. The number of hydrogen-bond donors (Lipinski definition) is 0. The molecule has 0 radical (unpaired) electrons. The summed E-state index contributed by atoms with van der Waals surface area (Å²) in [5.41, 5.74) is 1.07. The molecule has 0 aliphatic heterocycles. The Kier molecular flexibility index (Phi) is 6.63. The van der Waals surface area contributed by atoms with Gasteiger partial charge in [-0.15, -0.1) is 6.58 Å². The quantitative estimate of drug-likeness (QED) is 0.522. The van der Waals surface area contributed by atoms with E-state index in [9.17, 15) is 4.79 Å². The highest BCUT2D eigenvalue weighted by atomic mass is 16.5. The first kappa shape index (κ1) is 17.0. The molecule has 1 unspecified atom stereocenters. The first-order valence-corrected chi connectivity index (χ1v) is 7.78. The topological polar surface area (TPSA) is 42.7 Å². The first-order chi connectivity index (χ1) is 11.2. The number of benzene rings is 1. The van der Waals surface area contributed by atoms with Gasteiger partial charge in [-0.25, -0.2) is 0 Å². The second kappa shape index (κ2) is 8.96. The largest absolute Gasteiger partial charge is 0.467 e. The van der Waals surface area contributed by atoms with Gasteiger partial charge in [0.25, 0.3) is 5.91 Å². The van der Waals surface area contributed by atoms with Gasteiger partial charge >= 0.3 is 0 Å². The van der Waals surface area contributed by atoms with Crippen LogP contribution in [0.5, 0.6) is 0 Å². The highest BCUT2D eigenvalue weighted by Crippen LogP contribution is 2.13. The molecular formula is C19H23NO3. The van der Waals surface area contributed by atoms with Crippen molar-refractivity contribution in [3.8, 4) is 0 Å². The molecule has 122 valence electrons. The van der Waals surface area contributed by atoms with Crippen LogP contribution in [0.2, 0.25) is 0 Å². The predicted molar refractivity (Wildman–Crippen MR) is 89.6 cm³/mol. The average Bonchev–Trinajstić information content (AvgIpc) is 3.08. The summed E-state index contributed by atoms with van der Waals surface area (Å²) in [5.74, 6) is 0.710. The van der Waals surface area contributed by atoms with Gasteiger partial charge in [0.1, 0.15) is 11.9 Å². The fourth-order valence-electron chi connectivity index (χ4n) is 2.26. The third-order valence-electron chi connectivity index (χ3n) is 3.49. The lowest BCUT2D eigenvalue weighted by Gasteiger charge is -2.25. The molecule has 4 heteroatoms. The molecule has 0 N–H and O–H groups in total. The zero-order chi connectivity index (χ0) is 16.5. The van der Waals surface area contributed by atoms with Crippen molar-refractivity contribution in [3.63, 3.8) is 0 Å². The fourth-order valence-corrected chi connectivity index (χ4v) is 2.26. The molecular weight excluding hydrogens is 290 g/mol.